The lowest BCUT2D eigenvalue weighted by Crippen LogP contribution is -2.19. The number of aliphatic carboxylic acids is 1. The molecule has 6 heteroatoms. The first-order valence-electron chi connectivity index (χ1n) is 7.94. The van der Waals surface area contributed by atoms with Crippen LogP contribution in [0.25, 0.3) is 0 Å². The molecule has 2 fully saturated rings. The summed E-state index contributed by atoms with van der Waals surface area (Å²) in [4.78, 5) is 10.8. The van der Waals surface area contributed by atoms with E-state index >= 15 is 0 Å². The summed E-state index contributed by atoms with van der Waals surface area (Å²) in [7, 11) is 0. The standard InChI is InChI=1S/C15H23N3O2S/c1-2-3-13-16-17-15(21-9-14(19)20)18(13)8-12-7-10-4-5-11(12)6-10/h10-12H,2-9H2,1H3,(H,19,20). The van der Waals surface area contributed by atoms with E-state index in [4.69, 9.17) is 5.11 Å². The van der Waals surface area contributed by atoms with Gasteiger partial charge in [-0.05, 0) is 43.4 Å². The van der Waals surface area contributed by atoms with Crippen LogP contribution in [0.4, 0.5) is 0 Å². The van der Waals surface area contributed by atoms with E-state index in [1.54, 1.807) is 0 Å². The van der Waals surface area contributed by atoms with Gasteiger partial charge in [0.05, 0.1) is 5.75 Å². The molecule has 3 atom stereocenters. The van der Waals surface area contributed by atoms with Crippen LogP contribution in [0.5, 0.6) is 0 Å². The normalized spacial score (nSPS) is 27.4. The maximum Gasteiger partial charge on any atom is 0.313 e. The lowest BCUT2D eigenvalue weighted by molar-refractivity contribution is -0.133. The number of rotatable bonds is 7. The Bertz CT molecular complexity index is 517. The number of aromatic nitrogens is 3. The summed E-state index contributed by atoms with van der Waals surface area (Å²) in [5.41, 5.74) is 0. The number of carboxylic acid groups (broad SMARTS) is 1. The Morgan fingerprint density at radius 3 is 2.86 bits per heavy atom. The van der Waals surface area contributed by atoms with Crippen LogP contribution < -0.4 is 0 Å². The first kappa shape index (κ1) is 14.9. The number of hydrogen-bond acceptors (Lipinski definition) is 4. The molecule has 2 aliphatic rings. The zero-order valence-corrected chi connectivity index (χ0v) is 13.3. The Balaban J connectivity index is 1.74. The highest BCUT2D eigenvalue weighted by molar-refractivity contribution is 7.99. The van der Waals surface area contributed by atoms with Crippen molar-refractivity contribution in [2.75, 3.05) is 5.75 Å². The van der Waals surface area contributed by atoms with E-state index in [1.807, 2.05) is 0 Å². The molecular weight excluding hydrogens is 286 g/mol. The summed E-state index contributed by atoms with van der Waals surface area (Å²) < 4.78 is 2.20. The second kappa shape index (κ2) is 6.38. The third-order valence-electron chi connectivity index (χ3n) is 4.89. The summed E-state index contributed by atoms with van der Waals surface area (Å²) in [6.07, 6.45) is 7.47. The molecule has 1 aromatic heterocycles. The molecule has 3 rings (SSSR count). The van der Waals surface area contributed by atoms with Crippen LogP contribution in [0.15, 0.2) is 5.16 Å². The monoisotopic (exact) mass is 309 g/mol. The smallest absolute Gasteiger partial charge is 0.313 e. The molecule has 0 saturated heterocycles. The molecule has 3 unspecified atom stereocenters. The fourth-order valence-electron chi connectivity index (χ4n) is 3.98. The van der Waals surface area contributed by atoms with Crippen LogP contribution in [0.3, 0.4) is 0 Å². The van der Waals surface area contributed by atoms with Gasteiger partial charge in [-0.1, -0.05) is 25.1 Å². The lowest BCUT2D eigenvalue weighted by atomic mass is 9.89. The summed E-state index contributed by atoms with van der Waals surface area (Å²) in [6, 6.07) is 0. The number of thioether (sulfide) groups is 1. The molecule has 2 saturated carbocycles. The highest BCUT2D eigenvalue weighted by atomic mass is 32.2. The van der Waals surface area contributed by atoms with Gasteiger partial charge in [0.25, 0.3) is 0 Å². The van der Waals surface area contributed by atoms with Gasteiger partial charge in [-0.25, -0.2) is 0 Å². The minimum absolute atomic E-state index is 0.0565. The molecule has 0 amide bonds. The predicted molar refractivity (Wildman–Crippen MR) is 81.3 cm³/mol. The van der Waals surface area contributed by atoms with E-state index in [0.717, 1.165) is 48.1 Å². The zero-order chi connectivity index (χ0) is 14.8. The number of hydrogen-bond donors (Lipinski definition) is 1. The highest BCUT2D eigenvalue weighted by Gasteiger charge is 2.39. The third-order valence-corrected chi connectivity index (χ3v) is 5.84. The van der Waals surface area contributed by atoms with Crippen LogP contribution in [0.2, 0.25) is 0 Å². The van der Waals surface area contributed by atoms with Gasteiger partial charge in [0, 0.05) is 13.0 Å². The molecule has 2 aliphatic carbocycles. The van der Waals surface area contributed by atoms with Crippen molar-refractivity contribution in [2.45, 2.75) is 57.1 Å². The molecule has 2 bridgehead atoms. The summed E-state index contributed by atoms with van der Waals surface area (Å²) in [5.74, 6) is 2.81. The van der Waals surface area contributed by atoms with Crippen LogP contribution in [0, 0.1) is 17.8 Å². The average molecular weight is 309 g/mol. The second-order valence-electron chi connectivity index (χ2n) is 6.38. The van der Waals surface area contributed by atoms with Gasteiger partial charge < -0.3 is 9.67 Å². The van der Waals surface area contributed by atoms with Crippen LogP contribution in [-0.4, -0.2) is 31.6 Å². The van der Waals surface area contributed by atoms with Crippen LogP contribution in [0.1, 0.15) is 44.9 Å². The molecule has 5 nitrogen and oxygen atoms in total. The Morgan fingerprint density at radius 1 is 1.38 bits per heavy atom. The van der Waals surface area contributed by atoms with Crippen molar-refractivity contribution in [3.63, 3.8) is 0 Å². The Labute approximate surface area is 129 Å². The maximum absolute atomic E-state index is 10.8. The zero-order valence-electron chi connectivity index (χ0n) is 12.5. The average Bonchev–Trinajstić information content (AvgIpc) is 3.14. The van der Waals surface area contributed by atoms with E-state index in [9.17, 15) is 4.79 Å². The van der Waals surface area contributed by atoms with Gasteiger partial charge in [0.2, 0.25) is 0 Å². The second-order valence-corrected chi connectivity index (χ2v) is 7.32. The van der Waals surface area contributed by atoms with Crippen molar-refractivity contribution in [1.82, 2.24) is 14.8 Å². The molecule has 0 radical (unpaired) electrons. The number of nitrogens with zero attached hydrogens (tertiary/aromatic N) is 3. The number of carbonyl (C=O) groups is 1. The van der Waals surface area contributed by atoms with Gasteiger partial charge in [-0.3, -0.25) is 4.79 Å². The minimum Gasteiger partial charge on any atom is -0.481 e. The van der Waals surface area contributed by atoms with Crippen molar-refractivity contribution >= 4 is 17.7 Å². The summed E-state index contributed by atoms with van der Waals surface area (Å²) in [6.45, 7) is 3.12. The molecule has 0 spiro atoms. The van der Waals surface area contributed by atoms with E-state index in [2.05, 4.69) is 21.7 Å². The van der Waals surface area contributed by atoms with E-state index in [0.29, 0.717) is 0 Å². The van der Waals surface area contributed by atoms with E-state index in [-0.39, 0.29) is 5.75 Å². The summed E-state index contributed by atoms with van der Waals surface area (Å²) in [5, 5.41) is 18.2. The van der Waals surface area contributed by atoms with Crippen LogP contribution >= 0.6 is 11.8 Å². The fourth-order valence-corrected chi connectivity index (χ4v) is 4.67. The van der Waals surface area contributed by atoms with E-state index < -0.39 is 5.97 Å². The molecule has 1 N–H and O–H groups in total. The molecule has 116 valence electrons. The molecular formula is C15H23N3O2S. The van der Waals surface area contributed by atoms with Crippen molar-refractivity contribution in [3.05, 3.63) is 5.82 Å². The number of carboxylic acids is 1. The van der Waals surface area contributed by atoms with Gasteiger partial charge in [0.15, 0.2) is 5.16 Å². The Hall–Kier alpha value is -1.04. The number of fused-ring (bicyclic) bond motifs is 2. The Kier molecular flexibility index (Phi) is 4.52. The fraction of sp³-hybridized carbons (Fsp3) is 0.800. The van der Waals surface area contributed by atoms with Crippen molar-refractivity contribution in [2.24, 2.45) is 17.8 Å². The molecule has 1 heterocycles. The minimum atomic E-state index is -0.800. The molecule has 0 aliphatic heterocycles. The number of aryl methyl sites for hydroxylation is 1. The van der Waals surface area contributed by atoms with Gasteiger partial charge >= 0.3 is 5.97 Å². The van der Waals surface area contributed by atoms with Crippen molar-refractivity contribution in [3.8, 4) is 0 Å². The Morgan fingerprint density at radius 2 is 2.24 bits per heavy atom. The lowest BCUT2D eigenvalue weighted by Gasteiger charge is -2.23. The largest absolute Gasteiger partial charge is 0.481 e. The molecule has 21 heavy (non-hydrogen) atoms. The quantitative estimate of drug-likeness (QED) is 0.784. The molecule has 0 aromatic carbocycles. The van der Waals surface area contributed by atoms with Crippen molar-refractivity contribution in [1.29, 1.82) is 0 Å². The topological polar surface area (TPSA) is 68.0 Å². The third kappa shape index (κ3) is 3.25. The molecule has 1 aromatic rings. The maximum atomic E-state index is 10.8. The van der Waals surface area contributed by atoms with Gasteiger partial charge in [-0.2, -0.15) is 0 Å². The van der Waals surface area contributed by atoms with Crippen LogP contribution in [-0.2, 0) is 17.8 Å². The van der Waals surface area contributed by atoms with E-state index in [1.165, 1.54) is 37.4 Å². The first-order chi connectivity index (χ1) is 10.2. The highest BCUT2D eigenvalue weighted by Crippen LogP contribution is 2.49. The first-order valence-corrected chi connectivity index (χ1v) is 8.92. The van der Waals surface area contributed by atoms with Gasteiger partial charge in [0.1, 0.15) is 5.82 Å². The van der Waals surface area contributed by atoms with Crippen molar-refractivity contribution < 1.29 is 9.90 Å². The summed E-state index contributed by atoms with van der Waals surface area (Å²) >= 11 is 1.30. The van der Waals surface area contributed by atoms with Gasteiger partial charge in [-0.15, -0.1) is 10.2 Å². The SMILES string of the molecule is CCCc1nnc(SCC(=O)O)n1CC1CC2CCC1C2. The predicted octanol–water partition coefficient (Wildman–Crippen LogP) is 2.84.